The third-order valence-electron chi connectivity index (χ3n) is 3.20. The van der Waals surface area contributed by atoms with Crippen molar-refractivity contribution in [3.63, 3.8) is 0 Å². The van der Waals surface area contributed by atoms with Crippen LogP contribution in [0.15, 0.2) is 22.9 Å². The van der Waals surface area contributed by atoms with Crippen molar-refractivity contribution >= 4 is 21.6 Å². The lowest BCUT2D eigenvalue weighted by atomic mass is 9.85. The number of anilines is 1. The molecule has 0 aromatic carbocycles. The first kappa shape index (κ1) is 11.9. The molecule has 0 bridgehead atoms. The highest BCUT2D eigenvalue weighted by molar-refractivity contribution is 9.10. The van der Waals surface area contributed by atoms with Gasteiger partial charge in [0.25, 0.3) is 0 Å². The fraction of sp³-hybridized carbons (Fsp3) is 0.583. The molecule has 2 N–H and O–H groups in total. The van der Waals surface area contributed by atoms with E-state index >= 15 is 0 Å². The second-order valence-corrected chi connectivity index (χ2v) is 5.29. The second kappa shape index (κ2) is 5.64. The fourth-order valence-electron chi connectivity index (χ4n) is 2.32. The molecule has 1 aliphatic carbocycles. The molecule has 1 heterocycles. The average molecular weight is 285 g/mol. The Bertz CT molecular complexity index is 346. The number of pyridine rings is 1. The highest BCUT2D eigenvalue weighted by Gasteiger charge is 2.24. The Labute approximate surface area is 104 Å². The van der Waals surface area contributed by atoms with Crippen molar-refractivity contribution in [2.75, 3.05) is 11.9 Å². The van der Waals surface area contributed by atoms with Gasteiger partial charge in [0.1, 0.15) is 0 Å². The van der Waals surface area contributed by atoms with Crippen molar-refractivity contribution in [2.45, 2.75) is 31.7 Å². The Balaban J connectivity index is 2.02. The smallest absolute Gasteiger partial charge is 0.0540 e. The zero-order valence-electron chi connectivity index (χ0n) is 9.19. The van der Waals surface area contributed by atoms with E-state index < -0.39 is 0 Å². The van der Waals surface area contributed by atoms with Crippen LogP contribution in [0.3, 0.4) is 0 Å². The van der Waals surface area contributed by atoms with Gasteiger partial charge in [0, 0.05) is 29.2 Å². The lowest BCUT2D eigenvalue weighted by Gasteiger charge is -2.31. The summed E-state index contributed by atoms with van der Waals surface area (Å²) < 4.78 is 0.980. The van der Waals surface area contributed by atoms with Gasteiger partial charge < -0.3 is 10.4 Å². The van der Waals surface area contributed by atoms with Gasteiger partial charge in [-0.1, -0.05) is 12.8 Å². The summed E-state index contributed by atoms with van der Waals surface area (Å²) in [5.41, 5.74) is 1.03. The Morgan fingerprint density at radius 1 is 1.38 bits per heavy atom. The Morgan fingerprint density at radius 3 is 2.94 bits per heavy atom. The molecule has 1 aliphatic rings. The van der Waals surface area contributed by atoms with Gasteiger partial charge in [-0.2, -0.15) is 0 Å². The van der Waals surface area contributed by atoms with E-state index in [4.69, 9.17) is 0 Å². The minimum Gasteiger partial charge on any atom is -0.396 e. The van der Waals surface area contributed by atoms with Crippen molar-refractivity contribution in [3.05, 3.63) is 22.9 Å². The molecule has 2 rings (SSSR count). The van der Waals surface area contributed by atoms with E-state index in [9.17, 15) is 5.11 Å². The number of aliphatic hydroxyl groups excluding tert-OH is 1. The highest BCUT2D eigenvalue weighted by Crippen LogP contribution is 2.27. The van der Waals surface area contributed by atoms with Crippen LogP contribution in [-0.2, 0) is 0 Å². The van der Waals surface area contributed by atoms with Gasteiger partial charge in [-0.05, 0) is 34.8 Å². The number of nitrogens with zero attached hydrogens (tertiary/aromatic N) is 1. The zero-order chi connectivity index (χ0) is 11.4. The monoisotopic (exact) mass is 284 g/mol. The van der Waals surface area contributed by atoms with Crippen LogP contribution in [-0.4, -0.2) is 22.7 Å². The minimum atomic E-state index is 0.277. The third-order valence-corrected chi connectivity index (χ3v) is 3.63. The summed E-state index contributed by atoms with van der Waals surface area (Å²) in [6, 6.07) is 2.41. The highest BCUT2D eigenvalue weighted by atomic mass is 79.9. The molecule has 4 heteroatoms. The van der Waals surface area contributed by atoms with Gasteiger partial charge in [0.2, 0.25) is 0 Å². The Kier molecular flexibility index (Phi) is 4.18. The van der Waals surface area contributed by atoms with Crippen LogP contribution in [0.1, 0.15) is 25.7 Å². The Morgan fingerprint density at radius 2 is 2.19 bits per heavy atom. The molecular weight excluding hydrogens is 268 g/mol. The largest absolute Gasteiger partial charge is 0.396 e. The van der Waals surface area contributed by atoms with Crippen LogP contribution >= 0.6 is 15.9 Å². The topological polar surface area (TPSA) is 45.1 Å². The summed E-state index contributed by atoms with van der Waals surface area (Å²) in [4.78, 5) is 4.13. The molecule has 0 spiro atoms. The number of nitrogens with one attached hydrogen (secondary N) is 1. The molecule has 0 saturated heterocycles. The fourth-order valence-corrected chi connectivity index (χ4v) is 2.69. The normalized spacial score (nSPS) is 25.4. The number of aromatic nitrogens is 1. The molecule has 16 heavy (non-hydrogen) atoms. The van der Waals surface area contributed by atoms with Gasteiger partial charge in [0.05, 0.1) is 11.9 Å². The maximum atomic E-state index is 9.33. The maximum Gasteiger partial charge on any atom is 0.0540 e. The number of rotatable bonds is 3. The van der Waals surface area contributed by atoms with Crippen LogP contribution in [0.4, 0.5) is 5.69 Å². The van der Waals surface area contributed by atoms with E-state index in [1.807, 2.05) is 12.3 Å². The van der Waals surface area contributed by atoms with Crippen molar-refractivity contribution in [2.24, 2.45) is 5.92 Å². The van der Waals surface area contributed by atoms with Crippen LogP contribution in [0.2, 0.25) is 0 Å². The van der Waals surface area contributed by atoms with Crippen molar-refractivity contribution < 1.29 is 5.11 Å². The zero-order valence-corrected chi connectivity index (χ0v) is 10.8. The van der Waals surface area contributed by atoms with E-state index in [0.717, 1.165) is 23.0 Å². The average Bonchev–Trinajstić information content (AvgIpc) is 2.30. The maximum absolute atomic E-state index is 9.33. The van der Waals surface area contributed by atoms with Crippen LogP contribution in [0, 0.1) is 5.92 Å². The quantitative estimate of drug-likeness (QED) is 0.897. The van der Waals surface area contributed by atoms with Crippen LogP contribution in [0.5, 0.6) is 0 Å². The molecule has 2 atom stereocenters. The summed E-state index contributed by atoms with van der Waals surface area (Å²) in [7, 11) is 0. The molecule has 3 nitrogen and oxygen atoms in total. The third kappa shape index (κ3) is 2.95. The minimum absolute atomic E-state index is 0.277. The molecule has 1 aromatic rings. The molecule has 0 aliphatic heterocycles. The summed E-state index contributed by atoms with van der Waals surface area (Å²) in [5, 5.41) is 12.8. The number of halogens is 1. The second-order valence-electron chi connectivity index (χ2n) is 4.37. The number of hydrogen-bond donors (Lipinski definition) is 2. The molecule has 1 saturated carbocycles. The standard InChI is InChI=1S/C12H17BrN2O/c13-10-5-11(7-14-6-10)15-12-4-2-1-3-9(12)8-16/h5-7,9,12,15-16H,1-4,8H2. The van der Waals surface area contributed by atoms with E-state index in [-0.39, 0.29) is 6.61 Å². The molecule has 0 radical (unpaired) electrons. The van der Waals surface area contributed by atoms with Crippen molar-refractivity contribution in [3.8, 4) is 0 Å². The first-order valence-electron chi connectivity index (χ1n) is 5.77. The summed E-state index contributed by atoms with van der Waals surface area (Å²) in [6.07, 6.45) is 8.34. The lowest BCUT2D eigenvalue weighted by molar-refractivity contribution is 0.178. The van der Waals surface area contributed by atoms with Crippen LogP contribution in [0.25, 0.3) is 0 Å². The van der Waals surface area contributed by atoms with Gasteiger partial charge in [-0.25, -0.2) is 0 Å². The number of aliphatic hydroxyl groups is 1. The summed E-state index contributed by atoms with van der Waals surface area (Å²) in [5.74, 6) is 0.382. The first-order valence-corrected chi connectivity index (χ1v) is 6.57. The van der Waals surface area contributed by atoms with E-state index in [2.05, 4.69) is 26.2 Å². The SMILES string of the molecule is OCC1CCCCC1Nc1cncc(Br)c1. The predicted molar refractivity (Wildman–Crippen MR) is 68.4 cm³/mol. The van der Waals surface area contributed by atoms with E-state index in [1.165, 1.54) is 12.8 Å². The van der Waals surface area contributed by atoms with Crippen LogP contribution < -0.4 is 5.32 Å². The Hall–Kier alpha value is -0.610. The van der Waals surface area contributed by atoms with E-state index in [0.29, 0.717) is 12.0 Å². The van der Waals surface area contributed by atoms with Gasteiger partial charge >= 0.3 is 0 Å². The molecular formula is C12H17BrN2O. The summed E-state index contributed by atoms with van der Waals surface area (Å²) >= 11 is 3.41. The van der Waals surface area contributed by atoms with Gasteiger partial charge in [0.15, 0.2) is 0 Å². The van der Waals surface area contributed by atoms with Crippen molar-refractivity contribution in [1.29, 1.82) is 0 Å². The molecule has 2 unspecified atom stereocenters. The summed E-state index contributed by atoms with van der Waals surface area (Å²) in [6.45, 7) is 0.277. The van der Waals surface area contributed by atoms with E-state index in [1.54, 1.807) is 6.20 Å². The lowest BCUT2D eigenvalue weighted by Crippen LogP contribution is -2.34. The molecule has 1 aromatic heterocycles. The molecule has 1 fully saturated rings. The van der Waals surface area contributed by atoms with Crippen molar-refractivity contribution in [1.82, 2.24) is 4.98 Å². The number of hydrogen-bond acceptors (Lipinski definition) is 3. The predicted octanol–water partition coefficient (Wildman–Crippen LogP) is 2.81. The van der Waals surface area contributed by atoms with Gasteiger partial charge in [-0.15, -0.1) is 0 Å². The first-order chi connectivity index (χ1) is 7.79. The molecule has 0 amide bonds. The molecule has 88 valence electrons. The van der Waals surface area contributed by atoms with Gasteiger partial charge in [-0.3, -0.25) is 4.98 Å².